The summed E-state index contributed by atoms with van der Waals surface area (Å²) in [5.74, 6) is 0.423. The van der Waals surface area contributed by atoms with E-state index in [1.165, 1.54) is 0 Å². The number of halogens is 1. The van der Waals surface area contributed by atoms with Gasteiger partial charge in [0.1, 0.15) is 5.15 Å². The van der Waals surface area contributed by atoms with Crippen LogP contribution in [0.2, 0.25) is 5.15 Å². The van der Waals surface area contributed by atoms with E-state index < -0.39 is 0 Å². The van der Waals surface area contributed by atoms with Crippen LogP contribution in [0.3, 0.4) is 0 Å². The Hall–Kier alpha value is -0.960. The highest BCUT2D eigenvalue weighted by Crippen LogP contribution is 2.23. The van der Waals surface area contributed by atoms with Crippen LogP contribution in [0, 0.1) is 5.41 Å². The van der Waals surface area contributed by atoms with Crippen molar-refractivity contribution in [3.63, 3.8) is 0 Å². The van der Waals surface area contributed by atoms with Crippen molar-refractivity contribution in [3.8, 4) is 5.88 Å². The Kier molecular flexibility index (Phi) is 3.80. The highest BCUT2D eigenvalue weighted by molar-refractivity contribution is 6.29. The van der Waals surface area contributed by atoms with Crippen molar-refractivity contribution in [2.45, 2.75) is 27.2 Å². The number of anilines is 1. The first-order chi connectivity index (χ1) is 6.88. The van der Waals surface area contributed by atoms with Gasteiger partial charge in [0.25, 0.3) is 0 Å². The lowest BCUT2D eigenvalue weighted by atomic mass is 9.93. The fraction of sp³-hybridized carbons (Fsp3) is 0.545. The first kappa shape index (κ1) is 12.1. The molecule has 0 unspecified atom stereocenters. The van der Waals surface area contributed by atoms with E-state index in [2.05, 4.69) is 25.8 Å². The number of pyridine rings is 1. The predicted molar refractivity (Wildman–Crippen MR) is 63.2 cm³/mol. The minimum atomic E-state index is 0.243. The second-order valence-electron chi connectivity index (χ2n) is 4.69. The molecule has 0 atom stereocenters. The predicted octanol–water partition coefficient (Wildman–Crippen LogP) is 3.13. The molecule has 0 aliphatic heterocycles. The maximum atomic E-state index is 5.74. The molecular formula is C11H17ClN2O. The van der Waals surface area contributed by atoms with Crippen LogP contribution in [0.4, 0.5) is 5.69 Å². The van der Waals surface area contributed by atoms with Crippen molar-refractivity contribution in [1.82, 2.24) is 4.98 Å². The molecular weight excluding hydrogens is 212 g/mol. The van der Waals surface area contributed by atoms with Gasteiger partial charge in [-0.15, -0.1) is 0 Å². The fourth-order valence-electron chi connectivity index (χ4n) is 0.998. The van der Waals surface area contributed by atoms with Gasteiger partial charge >= 0.3 is 0 Å². The molecule has 0 fully saturated rings. The molecule has 15 heavy (non-hydrogen) atoms. The highest BCUT2D eigenvalue weighted by Gasteiger charge is 2.11. The molecule has 0 spiro atoms. The fourth-order valence-corrected chi connectivity index (χ4v) is 1.14. The number of rotatable bonds is 3. The third-order valence-electron chi connectivity index (χ3n) is 1.95. The molecule has 3 nitrogen and oxygen atoms in total. The SMILES string of the molecule is CC(C)(C)CCOc1nc(Cl)ccc1N. The Balaban J connectivity index is 2.54. The molecule has 0 radical (unpaired) electrons. The molecule has 1 aromatic heterocycles. The van der Waals surface area contributed by atoms with Gasteiger partial charge in [-0.3, -0.25) is 0 Å². The van der Waals surface area contributed by atoms with Gasteiger partial charge in [-0.25, -0.2) is 0 Å². The first-order valence-corrected chi connectivity index (χ1v) is 5.31. The number of aromatic nitrogens is 1. The van der Waals surface area contributed by atoms with Gasteiger partial charge in [0, 0.05) is 0 Å². The van der Waals surface area contributed by atoms with Crippen molar-refractivity contribution < 1.29 is 4.74 Å². The number of nitrogen functional groups attached to an aromatic ring is 1. The van der Waals surface area contributed by atoms with Crippen LogP contribution in [-0.4, -0.2) is 11.6 Å². The summed E-state index contributed by atoms with van der Waals surface area (Å²) in [5, 5.41) is 0.398. The Morgan fingerprint density at radius 3 is 2.67 bits per heavy atom. The molecule has 1 rings (SSSR count). The van der Waals surface area contributed by atoms with E-state index in [0.717, 1.165) is 6.42 Å². The standard InChI is InChI=1S/C11H17ClN2O/c1-11(2,3)6-7-15-10-8(13)4-5-9(12)14-10/h4-5H,6-7,13H2,1-3H3. The summed E-state index contributed by atoms with van der Waals surface area (Å²) in [6.07, 6.45) is 0.945. The van der Waals surface area contributed by atoms with Crippen LogP contribution >= 0.6 is 11.6 Å². The van der Waals surface area contributed by atoms with E-state index in [9.17, 15) is 0 Å². The summed E-state index contributed by atoms with van der Waals surface area (Å²) in [6.45, 7) is 7.07. The van der Waals surface area contributed by atoms with Crippen molar-refractivity contribution in [2.24, 2.45) is 5.41 Å². The van der Waals surface area contributed by atoms with Gasteiger partial charge in [-0.2, -0.15) is 4.98 Å². The molecule has 84 valence electrons. The third-order valence-corrected chi connectivity index (χ3v) is 2.16. The number of hydrogen-bond donors (Lipinski definition) is 1. The average Bonchev–Trinajstić information content (AvgIpc) is 2.09. The third kappa shape index (κ3) is 4.38. The lowest BCUT2D eigenvalue weighted by Gasteiger charge is -2.18. The second-order valence-corrected chi connectivity index (χ2v) is 5.07. The summed E-state index contributed by atoms with van der Waals surface area (Å²) in [5.41, 5.74) is 6.46. The van der Waals surface area contributed by atoms with E-state index in [1.54, 1.807) is 12.1 Å². The molecule has 2 N–H and O–H groups in total. The molecule has 0 aliphatic rings. The smallest absolute Gasteiger partial charge is 0.238 e. The molecule has 0 saturated heterocycles. The quantitative estimate of drug-likeness (QED) is 0.809. The van der Waals surface area contributed by atoms with Crippen LogP contribution in [-0.2, 0) is 0 Å². The van der Waals surface area contributed by atoms with E-state index in [0.29, 0.717) is 23.3 Å². The summed E-state index contributed by atoms with van der Waals surface area (Å²) >= 11 is 5.74. The second kappa shape index (κ2) is 4.71. The summed E-state index contributed by atoms with van der Waals surface area (Å²) < 4.78 is 5.47. The molecule has 1 heterocycles. The van der Waals surface area contributed by atoms with Gasteiger partial charge in [0.2, 0.25) is 5.88 Å². The van der Waals surface area contributed by atoms with Gasteiger partial charge < -0.3 is 10.5 Å². The zero-order valence-corrected chi connectivity index (χ0v) is 10.1. The number of nitrogens with zero attached hydrogens (tertiary/aromatic N) is 1. The van der Waals surface area contributed by atoms with E-state index in [1.807, 2.05) is 0 Å². The van der Waals surface area contributed by atoms with Crippen molar-refractivity contribution in [3.05, 3.63) is 17.3 Å². The van der Waals surface area contributed by atoms with E-state index in [4.69, 9.17) is 22.1 Å². The topological polar surface area (TPSA) is 48.1 Å². The van der Waals surface area contributed by atoms with Gasteiger partial charge in [0.05, 0.1) is 12.3 Å². The largest absolute Gasteiger partial charge is 0.476 e. The van der Waals surface area contributed by atoms with Gasteiger partial charge in [0.15, 0.2) is 0 Å². The van der Waals surface area contributed by atoms with Crippen molar-refractivity contribution in [1.29, 1.82) is 0 Å². The minimum absolute atomic E-state index is 0.243. The Morgan fingerprint density at radius 2 is 2.07 bits per heavy atom. The molecule has 0 aromatic carbocycles. The van der Waals surface area contributed by atoms with Crippen LogP contribution in [0.15, 0.2) is 12.1 Å². The monoisotopic (exact) mass is 228 g/mol. The van der Waals surface area contributed by atoms with Crippen LogP contribution in [0.25, 0.3) is 0 Å². The number of hydrogen-bond acceptors (Lipinski definition) is 3. The molecule has 0 bridgehead atoms. The summed E-state index contributed by atoms with van der Waals surface area (Å²) in [7, 11) is 0. The Bertz CT molecular complexity index is 334. The van der Waals surface area contributed by atoms with Crippen molar-refractivity contribution in [2.75, 3.05) is 12.3 Å². The Morgan fingerprint density at radius 1 is 1.40 bits per heavy atom. The summed E-state index contributed by atoms with van der Waals surface area (Å²) in [4.78, 5) is 4.01. The lowest BCUT2D eigenvalue weighted by Crippen LogP contribution is -2.12. The maximum absolute atomic E-state index is 5.74. The maximum Gasteiger partial charge on any atom is 0.238 e. The zero-order valence-electron chi connectivity index (χ0n) is 9.38. The summed E-state index contributed by atoms with van der Waals surface area (Å²) in [6, 6.07) is 3.34. The highest BCUT2D eigenvalue weighted by atomic mass is 35.5. The first-order valence-electron chi connectivity index (χ1n) is 4.93. The minimum Gasteiger partial charge on any atom is -0.476 e. The van der Waals surface area contributed by atoms with E-state index in [-0.39, 0.29) is 5.41 Å². The van der Waals surface area contributed by atoms with E-state index >= 15 is 0 Å². The molecule has 1 aromatic rings. The molecule has 0 aliphatic carbocycles. The lowest BCUT2D eigenvalue weighted by molar-refractivity contribution is 0.237. The number of nitrogens with two attached hydrogens (primary N) is 1. The molecule has 0 amide bonds. The van der Waals surface area contributed by atoms with Crippen LogP contribution < -0.4 is 10.5 Å². The molecule has 0 saturated carbocycles. The normalized spacial score (nSPS) is 11.5. The number of ether oxygens (including phenoxy) is 1. The average molecular weight is 229 g/mol. The van der Waals surface area contributed by atoms with Gasteiger partial charge in [-0.05, 0) is 24.0 Å². The molecule has 4 heteroatoms. The van der Waals surface area contributed by atoms with Crippen LogP contribution in [0.1, 0.15) is 27.2 Å². The van der Waals surface area contributed by atoms with Gasteiger partial charge in [-0.1, -0.05) is 32.4 Å². The zero-order chi connectivity index (χ0) is 11.5. The van der Waals surface area contributed by atoms with Crippen molar-refractivity contribution >= 4 is 17.3 Å². The van der Waals surface area contributed by atoms with Crippen LogP contribution in [0.5, 0.6) is 5.88 Å². The Labute approximate surface area is 95.6 Å².